The van der Waals surface area contributed by atoms with Gasteiger partial charge in [-0.1, -0.05) is 0 Å². The molecule has 0 amide bonds. The number of hydrogen-bond acceptors (Lipinski definition) is 2. The maximum absolute atomic E-state index is 4.11. The van der Waals surface area contributed by atoms with Gasteiger partial charge in [0, 0.05) is 5.96 Å². The number of guanidine groups is 1. The third-order valence-corrected chi connectivity index (χ3v) is 1.01. The van der Waals surface area contributed by atoms with Gasteiger partial charge in [0.25, 0.3) is 0 Å². The molecular weight excluding hydrogens is 188 g/mol. The van der Waals surface area contributed by atoms with Crippen LogP contribution in [0.2, 0.25) is 0 Å². The van der Waals surface area contributed by atoms with Crippen molar-refractivity contribution < 1.29 is 58.2 Å². The van der Waals surface area contributed by atoms with Crippen LogP contribution >= 0.6 is 0 Å². The van der Waals surface area contributed by atoms with Crippen LogP contribution in [0.1, 0.15) is 0 Å². The second kappa shape index (κ2) is 4.82. The number of hydrogen-bond donors (Lipinski definition) is 0. The summed E-state index contributed by atoms with van der Waals surface area (Å²) in [6.45, 7) is 1.74. The summed E-state index contributed by atoms with van der Waals surface area (Å²) < 4.78 is 0. The van der Waals surface area contributed by atoms with Gasteiger partial charge in [0.2, 0.25) is 0 Å². The largest absolute Gasteiger partial charge is 1.00 e. The molecule has 46 valence electrons. The summed E-state index contributed by atoms with van der Waals surface area (Å²) >= 11 is 0. The molecule has 0 saturated heterocycles. The first-order valence-corrected chi connectivity index (χ1v) is 2.70. The van der Waals surface area contributed by atoms with Gasteiger partial charge in [0.05, 0.1) is 0 Å². The molecule has 1 rings (SSSR count). The minimum Gasteiger partial charge on any atom is -0.432 e. The molecule has 3 nitrogen and oxygen atoms in total. The van der Waals surface area contributed by atoms with Gasteiger partial charge in [0.1, 0.15) is 0 Å². The van der Waals surface area contributed by atoms with Crippen LogP contribution in [-0.4, -0.2) is 38.0 Å². The van der Waals surface area contributed by atoms with Gasteiger partial charge in [-0.05, 0) is 27.2 Å². The van der Waals surface area contributed by atoms with Gasteiger partial charge >= 0.3 is 58.2 Å². The third-order valence-electron chi connectivity index (χ3n) is 1.01. The van der Waals surface area contributed by atoms with Crippen LogP contribution in [0.25, 0.3) is 5.32 Å². The van der Waals surface area contributed by atoms with Crippen molar-refractivity contribution in [2.24, 2.45) is 4.99 Å². The molecule has 0 radical (unpaired) electrons. The Kier molecular flexibility index (Phi) is 5.40. The van der Waals surface area contributed by atoms with Crippen LogP contribution < -0.4 is 58.2 Å². The summed E-state index contributed by atoms with van der Waals surface area (Å²) in [5, 5.41) is 4.11. The zero-order valence-electron chi connectivity index (χ0n) is 6.26. The van der Waals surface area contributed by atoms with Crippen molar-refractivity contribution in [2.75, 3.05) is 27.2 Å². The predicted octanol–water partition coefficient (Wildman–Crippen LogP) is -2.70. The van der Waals surface area contributed by atoms with E-state index < -0.39 is 0 Å². The third kappa shape index (κ3) is 3.12. The maximum Gasteiger partial charge on any atom is 1.00 e. The average molecular weight is 198 g/mol. The van der Waals surface area contributed by atoms with Crippen molar-refractivity contribution in [1.82, 2.24) is 4.90 Å². The summed E-state index contributed by atoms with van der Waals surface area (Å²) in [5.41, 5.74) is 0. The molecule has 0 unspecified atom stereocenters. The van der Waals surface area contributed by atoms with E-state index in [4.69, 9.17) is 0 Å². The van der Waals surface area contributed by atoms with Gasteiger partial charge in [-0.15, -0.1) is 0 Å². The van der Waals surface area contributed by atoms with Crippen LogP contribution in [-0.2, 0) is 0 Å². The topological polar surface area (TPSA) is 29.7 Å². The Hall–Kier alpha value is 1.08. The van der Waals surface area contributed by atoms with Crippen LogP contribution in [0, 0.1) is 0 Å². The van der Waals surface area contributed by atoms with Crippen molar-refractivity contribution in [2.45, 2.75) is 0 Å². The van der Waals surface area contributed by atoms with Crippen molar-refractivity contribution in [3.63, 3.8) is 0 Å². The van der Waals surface area contributed by atoms with Crippen molar-refractivity contribution >= 4 is 5.96 Å². The van der Waals surface area contributed by atoms with Gasteiger partial charge in [-0.3, -0.25) is 0 Å². The Labute approximate surface area is 105 Å². The van der Waals surface area contributed by atoms with Gasteiger partial charge < -0.3 is 15.2 Å². The van der Waals surface area contributed by atoms with Gasteiger partial charge in [-0.2, -0.15) is 0 Å². The summed E-state index contributed by atoms with van der Waals surface area (Å²) in [4.78, 5) is 6.03. The molecule has 0 saturated carbocycles. The average Bonchev–Trinajstić information content (AvgIpc) is 2.12. The van der Waals surface area contributed by atoms with Crippen molar-refractivity contribution in [1.29, 1.82) is 0 Å². The molecule has 0 aromatic heterocycles. The Morgan fingerprint density at radius 3 is 2.44 bits per heavy atom. The molecule has 4 heteroatoms. The number of rotatable bonds is 0. The predicted molar refractivity (Wildman–Crippen MR) is 34.2 cm³/mol. The molecule has 0 aromatic carbocycles. The molecule has 1 aliphatic heterocycles. The van der Waals surface area contributed by atoms with Crippen molar-refractivity contribution in [3.05, 3.63) is 5.32 Å². The van der Waals surface area contributed by atoms with Crippen LogP contribution in [0.5, 0.6) is 0 Å². The fourth-order valence-electron chi connectivity index (χ4n) is 0.633. The van der Waals surface area contributed by atoms with Crippen LogP contribution in [0.3, 0.4) is 0 Å². The first-order valence-electron chi connectivity index (χ1n) is 2.70. The van der Waals surface area contributed by atoms with E-state index in [2.05, 4.69) is 10.3 Å². The van der Waals surface area contributed by atoms with E-state index in [1.54, 1.807) is 0 Å². The first kappa shape index (κ1) is 10.1. The summed E-state index contributed by atoms with van der Waals surface area (Å²) in [5.74, 6) is 0.880. The Balaban J connectivity index is 0.000000640. The Morgan fingerprint density at radius 1 is 1.56 bits per heavy atom. The van der Waals surface area contributed by atoms with Crippen LogP contribution in [0.4, 0.5) is 0 Å². The van der Waals surface area contributed by atoms with E-state index in [0.717, 1.165) is 19.0 Å². The molecule has 0 fully saturated rings. The first-order chi connectivity index (χ1) is 3.80. The van der Waals surface area contributed by atoms with Crippen molar-refractivity contribution in [3.8, 4) is 0 Å². The summed E-state index contributed by atoms with van der Waals surface area (Å²) in [6, 6.07) is 0. The molecule has 0 aliphatic carbocycles. The van der Waals surface area contributed by atoms with E-state index >= 15 is 0 Å². The minimum atomic E-state index is 0. The molecule has 0 spiro atoms. The quantitative estimate of drug-likeness (QED) is 0.416. The standard InChI is InChI=1S/C5H10N3.Rb/c1-8(2)5-6-3-4-7-5;/h3-4H2,1-2H3;/q-1;+1. The molecule has 0 N–H and O–H groups in total. The maximum atomic E-state index is 4.11. The zero-order valence-corrected chi connectivity index (χ0v) is 11.2. The van der Waals surface area contributed by atoms with E-state index in [1.807, 2.05) is 19.0 Å². The number of aliphatic imine (C=N–C) groups is 1. The molecule has 0 aromatic rings. The molecule has 9 heavy (non-hydrogen) atoms. The minimum absolute atomic E-state index is 0. The smallest absolute Gasteiger partial charge is 0.432 e. The normalized spacial score (nSPS) is 15.6. The monoisotopic (exact) mass is 197 g/mol. The fraction of sp³-hybridized carbons (Fsp3) is 0.800. The van der Waals surface area contributed by atoms with E-state index in [0.29, 0.717) is 0 Å². The zero-order chi connectivity index (χ0) is 5.98. The van der Waals surface area contributed by atoms with Gasteiger partial charge in [0.15, 0.2) is 0 Å². The fourth-order valence-corrected chi connectivity index (χ4v) is 0.633. The SMILES string of the molecule is CN(C)C1=NCC[N-]1.[Rb+]. The number of nitrogens with zero attached hydrogens (tertiary/aromatic N) is 3. The van der Waals surface area contributed by atoms with Gasteiger partial charge in [-0.25, -0.2) is 0 Å². The Morgan fingerprint density at radius 2 is 2.22 bits per heavy atom. The Bertz CT molecular complexity index is 111. The van der Waals surface area contributed by atoms with E-state index in [1.165, 1.54) is 0 Å². The van der Waals surface area contributed by atoms with E-state index in [-0.39, 0.29) is 58.2 Å². The molecule has 1 heterocycles. The summed E-state index contributed by atoms with van der Waals surface area (Å²) in [7, 11) is 3.90. The molecular formula is C5H10N3Rb. The molecule has 0 atom stereocenters. The second-order valence-electron chi connectivity index (χ2n) is 1.96. The summed E-state index contributed by atoms with van der Waals surface area (Å²) in [6.07, 6.45) is 0. The second-order valence-corrected chi connectivity index (χ2v) is 1.96. The van der Waals surface area contributed by atoms with Crippen LogP contribution in [0.15, 0.2) is 4.99 Å². The molecule has 0 bridgehead atoms. The van der Waals surface area contributed by atoms with E-state index in [9.17, 15) is 0 Å². The molecule has 1 aliphatic rings.